The van der Waals surface area contributed by atoms with Crippen molar-refractivity contribution >= 4 is 28.9 Å². The van der Waals surface area contributed by atoms with Crippen LogP contribution in [0.1, 0.15) is 37.8 Å². The van der Waals surface area contributed by atoms with Gasteiger partial charge in [0.25, 0.3) is 11.8 Å². The summed E-state index contributed by atoms with van der Waals surface area (Å²) in [6, 6.07) is 58.6. The number of benzene rings is 7. The third-order valence-corrected chi connectivity index (χ3v) is 11.1. The second-order valence-corrected chi connectivity index (χ2v) is 14.0. The van der Waals surface area contributed by atoms with E-state index in [1.165, 1.54) is 0 Å². The van der Waals surface area contributed by atoms with E-state index in [-0.39, 0.29) is 11.4 Å². The summed E-state index contributed by atoms with van der Waals surface area (Å²) in [5, 5.41) is 0. The summed E-state index contributed by atoms with van der Waals surface area (Å²) in [4.78, 5) is 41.9. The smallest absolute Gasteiger partial charge is 0.286 e. The highest BCUT2D eigenvalue weighted by Gasteiger charge is 2.55. The Morgan fingerprint density at radius 3 is 1.52 bits per heavy atom. The van der Waals surface area contributed by atoms with Crippen molar-refractivity contribution in [3.8, 4) is 44.9 Å². The predicted octanol–water partition coefficient (Wildman–Crippen LogP) is 10.8. The molecular weight excluding hydrogens is 693 g/mol. The van der Waals surface area contributed by atoms with Gasteiger partial charge in [-0.3, -0.25) is 9.59 Å². The zero-order valence-electron chi connectivity index (χ0n) is 29.8. The van der Waals surface area contributed by atoms with Gasteiger partial charge in [-0.15, -0.1) is 0 Å². The number of fused-ring (bicyclic) bond motifs is 6. The first kappa shape index (κ1) is 31.8. The molecule has 1 aromatic heterocycles. The number of amides is 2. The van der Waals surface area contributed by atoms with Crippen molar-refractivity contribution < 1.29 is 14.3 Å². The molecule has 0 bridgehead atoms. The van der Waals surface area contributed by atoms with Crippen molar-refractivity contribution in [2.24, 2.45) is 0 Å². The van der Waals surface area contributed by atoms with Crippen molar-refractivity contribution in [2.75, 3.05) is 9.80 Å². The molecule has 0 saturated heterocycles. The van der Waals surface area contributed by atoms with Crippen molar-refractivity contribution in [3.05, 3.63) is 210 Å². The third kappa shape index (κ3) is 4.39. The van der Waals surface area contributed by atoms with Gasteiger partial charge < -0.3 is 9.64 Å². The molecule has 7 heteroatoms. The van der Waals surface area contributed by atoms with Crippen molar-refractivity contribution in [1.29, 1.82) is 0 Å². The second kappa shape index (κ2) is 12.2. The van der Waals surface area contributed by atoms with Crippen LogP contribution in [-0.2, 0) is 5.54 Å². The molecule has 11 rings (SSSR count). The van der Waals surface area contributed by atoms with Gasteiger partial charge in [0.15, 0.2) is 22.9 Å². The summed E-state index contributed by atoms with van der Waals surface area (Å²) in [5.74, 6) is 0.332. The first-order valence-electron chi connectivity index (χ1n) is 18.5. The van der Waals surface area contributed by atoms with E-state index >= 15 is 0 Å². The summed E-state index contributed by atoms with van der Waals surface area (Å²) in [7, 11) is 0. The van der Waals surface area contributed by atoms with Crippen molar-refractivity contribution in [2.45, 2.75) is 5.54 Å². The average molecular weight is 723 g/mol. The number of carbonyl (C=O) groups is 2. The van der Waals surface area contributed by atoms with Crippen LogP contribution in [0.2, 0.25) is 0 Å². The van der Waals surface area contributed by atoms with Crippen LogP contribution in [0.25, 0.3) is 33.4 Å². The molecule has 264 valence electrons. The number of anilines is 3. The monoisotopic (exact) mass is 722 g/mol. The molecule has 56 heavy (non-hydrogen) atoms. The Balaban J connectivity index is 1.29. The maximum absolute atomic E-state index is 14.4. The summed E-state index contributed by atoms with van der Waals surface area (Å²) < 4.78 is 6.60. The Labute approximate surface area is 322 Å². The Bertz CT molecular complexity index is 2760. The fraction of sp³-hybridized carbons (Fsp3) is 0.0204. The number of para-hydroxylation sites is 5. The summed E-state index contributed by atoms with van der Waals surface area (Å²) in [5.41, 5.74) is 9.65. The molecule has 0 fully saturated rings. The van der Waals surface area contributed by atoms with E-state index in [1.54, 1.807) is 30.5 Å². The Kier molecular flexibility index (Phi) is 6.94. The largest absolute Gasteiger partial charge is 0.453 e. The highest BCUT2D eigenvalue weighted by molar-refractivity contribution is 6.33. The van der Waals surface area contributed by atoms with Crippen LogP contribution in [0.15, 0.2) is 182 Å². The van der Waals surface area contributed by atoms with Gasteiger partial charge in [-0.25, -0.2) is 14.9 Å². The highest BCUT2D eigenvalue weighted by atomic mass is 16.5. The molecule has 7 aromatic carbocycles. The van der Waals surface area contributed by atoms with E-state index in [1.807, 2.05) is 54.6 Å². The Hall–Kier alpha value is -7.64. The molecule has 0 N–H and O–H groups in total. The summed E-state index contributed by atoms with van der Waals surface area (Å²) in [6.45, 7) is 0. The number of carbonyl (C=O) groups excluding carboxylic acids is 2. The van der Waals surface area contributed by atoms with Crippen LogP contribution in [0.4, 0.5) is 17.1 Å². The van der Waals surface area contributed by atoms with Gasteiger partial charge in [-0.2, -0.15) is 0 Å². The minimum atomic E-state index is -1.22. The number of aromatic nitrogens is 2. The molecule has 0 atom stereocenters. The van der Waals surface area contributed by atoms with Gasteiger partial charge in [0.1, 0.15) is 5.54 Å². The molecule has 3 heterocycles. The van der Waals surface area contributed by atoms with Crippen LogP contribution < -0.4 is 14.5 Å². The Morgan fingerprint density at radius 2 is 0.964 bits per heavy atom. The molecule has 1 aliphatic carbocycles. The molecule has 0 unspecified atom stereocenters. The third-order valence-electron chi connectivity index (χ3n) is 11.1. The van der Waals surface area contributed by atoms with Gasteiger partial charge in [0.05, 0.1) is 29.0 Å². The number of nitrogens with zero attached hydrogens (tertiary/aromatic N) is 4. The maximum Gasteiger partial charge on any atom is 0.286 e. The van der Waals surface area contributed by atoms with Gasteiger partial charge >= 0.3 is 0 Å². The molecule has 7 nitrogen and oxygen atoms in total. The van der Waals surface area contributed by atoms with Crippen LogP contribution >= 0.6 is 0 Å². The minimum Gasteiger partial charge on any atom is -0.453 e. The van der Waals surface area contributed by atoms with Crippen LogP contribution in [0, 0.1) is 0 Å². The number of rotatable bonds is 5. The maximum atomic E-state index is 14.4. The van der Waals surface area contributed by atoms with E-state index in [2.05, 4.69) is 102 Å². The second-order valence-electron chi connectivity index (χ2n) is 14.0. The van der Waals surface area contributed by atoms with E-state index < -0.39 is 17.4 Å². The molecular formula is C49H30N4O3. The van der Waals surface area contributed by atoms with Gasteiger partial charge in [0, 0.05) is 0 Å². The zero-order valence-corrected chi connectivity index (χ0v) is 29.8. The molecule has 2 aliphatic heterocycles. The standard InChI is InChI=1S/C49H30N4O3/c54-47-45-46(48(55)52(47)33-20-8-3-9-21-33)51-42(30-50-45)49(53-38-26-10-12-28-40(38)56-41-29-13-11-27-39(41)53)36-24-14-22-34(31-16-4-1-5-17-31)43(36)44-35(23-15-25-37(44)49)32-18-6-2-7-19-32/h1-30H. The predicted molar refractivity (Wildman–Crippen MR) is 217 cm³/mol. The van der Waals surface area contributed by atoms with Gasteiger partial charge in [-0.1, -0.05) is 140 Å². The lowest BCUT2D eigenvalue weighted by atomic mass is 9.80. The molecule has 0 radical (unpaired) electrons. The number of hydrogen-bond acceptors (Lipinski definition) is 6. The van der Waals surface area contributed by atoms with Crippen LogP contribution in [0.5, 0.6) is 11.5 Å². The number of hydrogen-bond donors (Lipinski definition) is 0. The lowest BCUT2D eigenvalue weighted by Gasteiger charge is -2.46. The fourth-order valence-corrected chi connectivity index (χ4v) is 8.79. The van der Waals surface area contributed by atoms with Crippen LogP contribution in [-0.4, -0.2) is 21.8 Å². The van der Waals surface area contributed by atoms with Crippen molar-refractivity contribution in [1.82, 2.24) is 9.97 Å². The SMILES string of the molecule is O=C1c2ncc(C3(N4c5ccccc5Oc5ccccc54)c4cccc(-c5ccccc5)c4-c4c(-c5ccccc5)cccc43)nc2C(=O)N1c1ccccc1. The quantitative estimate of drug-likeness (QED) is 0.165. The van der Waals surface area contributed by atoms with E-state index in [0.29, 0.717) is 22.9 Å². The van der Waals surface area contributed by atoms with Gasteiger partial charge in [-0.05, 0) is 80.9 Å². The summed E-state index contributed by atoms with van der Waals surface area (Å²) in [6.07, 6.45) is 1.68. The lowest BCUT2D eigenvalue weighted by molar-refractivity contribution is 0.0923. The molecule has 8 aromatic rings. The van der Waals surface area contributed by atoms with E-state index in [4.69, 9.17) is 14.7 Å². The van der Waals surface area contributed by atoms with Crippen LogP contribution in [0.3, 0.4) is 0 Å². The minimum absolute atomic E-state index is 0.0129. The topological polar surface area (TPSA) is 75.6 Å². The molecule has 0 saturated carbocycles. The molecule has 2 amide bonds. The fourth-order valence-electron chi connectivity index (χ4n) is 8.79. The Morgan fingerprint density at radius 1 is 0.482 bits per heavy atom. The average Bonchev–Trinajstić information content (AvgIpc) is 3.71. The number of ether oxygens (including phenoxy) is 1. The van der Waals surface area contributed by atoms with Gasteiger partial charge in [0.2, 0.25) is 0 Å². The zero-order chi connectivity index (χ0) is 37.4. The van der Waals surface area contributed by atoms with E-state index in [9.17, 15) is 9.59 Å². The number of imide groups is 1. The lowest BCUT2D eigenvalue weighted by Crippen LogP contribution is -2.46. The molecule has 3 aliphatic rings. The van der Waals surface area contributed by atoms with E-state index in [0.717, 1.165) is 60.8 Å². The molecule has 0 spiro atoms. The first-order chi connectivity index (χ1) is 27.6. The normalized spacial score (nSPS) is 14.4. The summed E-state index contributed by atoms with van der Waals surface area (Å²) >= 11 is 0. The first-order valence-corrected chi connectivity index (χ1v) is 18.5. The highest BCUT2D eigenvalue weighted by Crippen LogP contribution is 2.64. The van der Waals surface area contributed by atoms with Crippen molar-refractivity contribution in [3.63, 3.8) is 0 Å².